The molecule has 2 rings (SSSR count). The lowest BCUT2D eigenvalue weighted by molar-refractivity contribution is 0.256. The number of hydrogen-bond acceptors (Lipinski definition) is 3. The first-order valence-electron chi connectivity index (χ1n) is 7.19. The molecule has 1 atom stereocenters. The zero-order chi connectivity index (χ0) is 15.2. The fourth-order valence-corrected chi connectivity index (χ4v) is 3.26. The number of aromatic nitrogens is 1. The number of fused-ring (bicyclic) bond motifs is 1. The smallest absolute Gasteiger partial charge is 0.158 e. The molecular weight excluding hydrogens is 399 g/mol. The van der Waals surface area contributed by atoms with Crippen LogP contribution in [0.25, 0.3) is 10.9 Å². The van der Waals surface area contributed by atoms with Gasteiger partial charge in [-0.25, -0.2) is 0 Å². The Labute approximate surface area is 144 Å². The molecule has 0 radical (unpaired) electrons. The predicted octanol–water partition coefficient (Wildman–Crippen LogP) is 4.51. The van der Waals surface area contributed by atoms with Crippen LogP contribution in [-0.4, -0.2) is 24.7 Å². The van der Waals surface area contributed by atoms with E-state index in [-0.39, 0.29) is 0 Å². The number of nitrogens with zero attached hydrogens (tertiary/aromatic N) is 1. The molecule has 0 amide bonds. The zero-order valence-corrected chi connectivity index (χ0v) is 15.2. The van der Waals surface area contributed by atoms with Gasteiger partial charge in [-0.05, 0) is 53.8 Å². The highest BCUT2D eigenvalue weighted by Gasteiger charge is 2.13. The van der Waals surface area contributed by atoms with E-state index in [1.165, 1.54) is 0 Å². The Kier molecular flexibility index (Phi) is 6.51. The monoisotopic (exact) mass is 418 g/mol. The van der Waals surface area contributed by atoms with Crippen LogP contribution in [0.4, 0.5) is 0 Å². The van der Waals surface area contributed by atoms with Crippen molar-refractivity contribution in [2.24, 2.45) is 5.92 Å². The summed E-state index contributed by atoms with van der Waals surface area (Å²) >= 11 is 8.52. The zero-order valence-electron chi connectivity index (χ0n) is 12.3. The normalized spacial score (nSPS) is 12.6. The summed E-state index contributed by atoms with van der Waals surface area (Å²) in [4.78, 5) is 4.43. The van der Waals surface area contributed by atoms with Crippen molar-refractivity contribution in [3.8, 4) is 5.75 Å². The number of nitrogens with one attached hydrogen (secondary N) is 1. The third-order valence-electron chi connectivity index (χ3n) is 3.18. The molecule has 5 heteroatoms. The van der Waals surface area contributed by atoms with Gasteiger partial charge in [0.25, 0.3) is 0 Å². The van der Waals surface area contributed by atoms with Gasteiger partial charge in [0.05, 0.1) is 15.2 Å². The summed E-state index contributed by atoms with van der Waals surface area (Å²) in [6, 6.07) is 5.80. The second kappa shape index (κ2) is 8.15. The number of hydrogen-bond donors (Lipinski definition) is 1. The van der Waals surface area contributed by atoms with Crippen LogP contribution in [-0.2, 0) is 0 Å². The van der Waals surface area contributed by atoms with E-state index in [9.17, 15) is 0 Å². The average Bonchev–Trinajstić information content (AvgIpc) is 2.47. The Morgan fingerprint density at radius 3 is 3.05 bits per heavy atom. The number of pyridine rings is 1. The summed E-state index contributed by atoms with van der Waals surface area (Å²) < 4.78 is 7.03. The molecular formula is C16H20ClIN2O. The van der Waals surface area contributed by atoms with E-state index in [1.807, 2.05) is 18.2 Å². The molecule has 1 aromatic heterocycles. The highest BCUT2D eigenvalue weighted by molar-refractivity contribution is 14.1. The maximum atomic E-state index is 6.27. The van der Waals surface area contributed by atoms with Gasteiger partial charge in [0.15, 0.2) is 5.75 Å². The first kappa shape index (κ1) is 16.8. The van der Waals surface area contributed by atoms with Gasteiger partial charge in [0.2, 0.25) is 0 Å². The summed E-state index contributed by atoms with van der Waals surface area (Å²) in [7, 11) is 0. The van der Waals surface area contributed by atoms with Crippen molar-refractivity contribution in [1.29, 1.82) is 0 Å². The molecule has 1 unspecified atom stereocenters. The van der Waals surface area contributed by atoms with Gasteiger partial charge in [-0.15, -0.1) is 0 Å². The molecule has 1 aromatic carbocycles. The molecule has 0 bridgehead atoms. The van der Waals surface area contributed by atoms with E-state index in [0.717, 1.165) is 39.7 Å². The number of halogens is 2. The standard InChI is InChI=1S/C16H20ClIN2O/c1-3-6-19-9-11(2)10-21-16-14(18)8-13(17)12-5-4-7-20-15(12)16/h4-5,7-8,11,19H,3,6,9-10H2,1-2H3. The molecule has 21 heavy (non-hydrogen) atoms. The Hall–Kier alpha value is -0.590. The second-order valence-electron chi connectivity index (χ2n) is 5.19. The topological polar surface area (TPSA) is 34.1 Å². The van der Waals surface area contributed by atoms with Crippen LogP contribution in [0.5, 0.6) is 5.75 Å². The molecule has 0 spiro atoms. The van der Waals surface area contributed by atoms with Crippen LogP contribution in [0.15, 0.2) is 24.4 Å². The van der Waals surface area contributed by atoms with Gasteiger partial charge in [0.1, 0.15) is 5.52 Å². The summed E-state index contributed by atoms with van der Waals surface area (Å²) in [5.41, 5.74) is 0.836. The molecule has 0 aliphatic carbocycles. The summed E-state index contributed by atoms with van der Waals surface area (Å²) in [5, 5.41) is 5.07. The van der Waals surface area contributed by atoms with Gasteiger partial charge in [0, 0.05) is 24.0 Å². The average molecular weight is 419 g/mol. The fraction of sp³-hybridized carbons (Fsp3) is 0.438. The lowest BCUT2D eigenvalue weighted by atomic mass is 10.2. The number of rotatable bonds is 7. The molecule has 0 fully saturated rings. The van der Waals surface area contributed by atoms with Crippen LogP contribution < -0.4 is 10.1 Å². The molecule has 0 aliphatic rings. The van der Waals surface area contributed by atoms with E-state index >= 15 is 0 Å². The van der Waals surface area contributed by atoms with Crippen molar-refractivity contribution in [3.05, 3.63) is 33.0 Å². The first-order valence-corrected chi connectivity index (χ1v) is 8.65. The van der Waals surface area contributed by atoms with E-state index in [0.29, 0.717) is 17.5 Å². The van der Waals surface area contributed by atoms with Crippen molar-refractivity contribution in [3.63, 3.8) is 0 Å². The maximum Gasteiger partial charge on any atom is 0.158 e. The molecule has 0 saturated carbocycles. The van der Waals surface area contributed by atoms with E-state index < -0.39 is 0 Å². The van der Waals surface area contributed by atoms with Gasteiger partial charge >= 0.3 is 0 Å². The Morgan fingerprint density at radius 1 is 1.48 bits per heavy atom. The van der Waals surface area contributed by atoms with Crippen LogP contribution in [0, 0.1) is 9.49 Å². The van der Waals surface area contributed by atoms with Crippen LogP contribution in [0.2, 0.25) is 5.02 Å². The van der Waals surface area contributed by atoms with Crippen LogP contribution >= 0.6 is 34.2 Å². The Morgan fingerprint density at radius 2 is 2.29 bits per heavy atom. The van der Waals surface area contributed by atoms with Crippen molar-refractivity contribution in [2.45, 2.75) is 20.3 Å². The van der Waals surface area contributed by atoms with Crippen molar-refractivity contribution >= 4 is 45.1 Å². The number of ether oxygens (including phenoxy) is 1. The third kappa shape index (κ3) is 4.44. The van der Waals surface area contributed by atoms with Crippen LogP contribution in [0.3, 0.4) is 0 Å². The highest BCUT2D eigenvalue weighted by atomic mass is 127. The molecule has 0 aliphatic heterocycles. The van der Waals surface area contributed by atoms with Crippen molar-refractivity contribution in [2.75, 3.05) is 19.7 Å². The molecule has 2 aromatic rings. The Bertz CT molecular complexity index is 606. The lowest BCUT2D eigenvalue weighted by Crippen LogP contribution is -2.25. The van der Waals surface area contributed by atoms with Gasteiger partial charge < -0.3 is 10.1 Å². The largest absolute Gasteiger partial charge is 0.490 e. The highest BCUT2D eigenvalue weighted by Crippen LogP contribution is 2.34. The molecule has 1 N–H and O–H groups in total. The Balaban J connectivity index is 2.11. The minimum absolute atomic E-state index is 0.446. The first-order chi connectivity index (χ1) is 10.1. The second-order valence-corrected chi connectivity index (χ2v) is 6.76. The van der Waals surface area contributed by atoms with Crippen molar-refractivity contribution in [1.82, 2.24) is 10.3 Å². The van der Waals surface area contributed by atoms with Gasteiger partial charge in [-0.1, -0.05) is 25.4 Å². The minimum atomic E-state index is 0.446. The summed E-state index contributed by atoms with van der Waals surface area (Å²) in [5.74, 6) is 1.28. The van der Waals surface area contributed by atoms with Crippen molar-refractivity contribution < 1.29 is 4.74 Å². The molecule has 3 nitrogen and oxygen atoms in total. The van der Waals surface area contributed by atoms with E-state index in [2.05, 4.69) is 46.7 Å². The van der Waals surface area contributed by atoms with Crippen LogP contribution in [0.1, 0.15) is 20.3 Å². The quantitative estimate of drug-likeness (QED) is 0.531. The summed E-state index contributed by atoms with van der Waals surface area (Å²) in [6.45, 7) is 7.03. The fourth-order valence-electron chi connectivity index (χ4n) is 2.09. The predicted molar refractivity (Wildman–Crippen MR) is 97.3 cm³/mol. The molecule has 0 saturated heterocycles. The van der Waals surface area contributed by atoms with E-state index in [4.69, 9.17) is 16.3 Å². The summed E-state index contributed by atoms with van der Waals surface area (Å²) in [6.07, 6.45) is 2.92. The maximum absolute atomic E-state index is 6.27. The van der Waals surface area contributed by atoms with Gasteiger partial charge in [-0.2, -0.15) is 0 Å². The third-order valence-corrected chi connectivity index (χ3v) is 4.30. The molecule has 1 heterocycles. The SMILES string of the molecule is CCCNCC(C)COc1c(I)cc(Cl)c2cccnc12. The van der Waals surface area contributed by atoms with Gasteiger partial charge in [-0.3, -0.25) is 4.98 Å². The molecule has 114 valence electrons. The minimum Gasteiger partial charge on any atom is -0.490 e. The van der Waals surface area contributed by atoms with E-state index in [1.54, 1.807) is 6.20 Å². The lowest BCUT2D eigenvalue weighted by Gasteiger charge is -2.16. The number of benzene rings is 1.